The van der Waals surface area contributed by atoms with Gasteiger partial charge in [-0.05, 0) is 83.5 Å². The van der Waals surface area contributed by atoms with Gasteiger partial charge >= 0.3 is 19.8 Å². The van der Waals surface area contributed by atoms with E-state index >= 15 is 0 Å². The second-order valence-electron chi connectivity index (χ2n) is 16.8. The number of allylic oxidation sites excluding steroid dienone is 12. The van der Waals surface area contributed by atoms with E-state index in [9.17, 15) is 19.0 Å². The summed E-state index contributed by atoms with van der Waals surface area (Å²) in [6.07, 6.45) is 52.5. The second kappa shape index (κ2) is 41.8. The van der Waals surface area contributed by atoms with Crippen molar-refractivity contribution >= 4 is 19.8 Å². The van der Waals surface area contributed by atoms with Gasteiger partial charge in [0.05, 0.1) is 27.7 Å². The SMILES string of the molecule is CCCCCCCC/C=C/C/C=C/CCCCC(=O)O[C@@H](COC(=O)CCC/C=C/C/C=C/C/C=C/C/C=C/CCCCCCCCC)COP(=O)(O)OCC[N+](C)(C)C. The normalized spacial score (nSPS) is 14.2. The Morgan fingerprint density at radius 2 is 0.917 bits per heavy atom. The first kappa shape index (κ1) is 57.4. The van der Waals surface area contributed by atoms with Crippen molar-refractivity contribution in [1.82, 2.24) is 0 Å². The number of hydrogen-bond acceptors (Lipinski definition) is 7. The Bertz CT molecular complexity index is 1250. The molecule has 0 aliphatic carbocycles. The Balaban J connectivity index is 4.46. The number of carbonyl (C=O) groups excluding carboxylic acids is 2. The van der Waals surface area contributed by atoms with E-state index in [1.807, 2.05) is 21.1 Å². The van der Waals surface area contributed by atoms with Crippen LogP contribution in [0.1, 0.15) is 181 Å². The predicted octanol–water partition coefficient (Wildman–Crippen LogP) is 13.8. The number of rotatable bonds is 42. The summed E-state index contributed by atoms with van der Waals surface area (Å²) in [5.74, 6) is -0.907. The third-order valence-corrected chi connectivity index (χ3v) is 10.7. The average molecular weight is 863 g/mol. The lowest BCUT2D eigenvalue weighted by Gasteiger charge is -2.24. The number of phosphoric acid groups is 1. The molecule has 0 rings (SSSR count). The molecule has 0 aliphatic heterocycles. The second-order valence-corrected chi connectivity index (χ2v) is 18.2. The number of unbranched alkanes of at least 4 members (excludes halogenated alkanes) is 16. The van der Waals surface area contributed by atoms with E-state index in [0.717, 1.165) is 51.4 Å². The zero-order chi connectivity index (χ0) is 44.3. The van der Waals surface area contributed by atoms with E-state index in [4.69, 9.17) is 18.5 Å². The topological polar surface area (TPSA) is 108 Å². The molecular formula is C50H89NO8P+. The Hall–Kier alpha value is -2.55. The fourth-order valence-electron chi connectivity index (χ4n) is 5.98. The zero-order valence-corrected chi connectivity index (χ0v) is 39.8. The Morgan fingerprint density at radius 1 is 0.517 bits per heavy atom. The Labute approximate surface area is 368 Å². The minimum absolute atomic E-state index is 0.0141. The van der Waals surface area contributed by atoms with Crippen LogP contribution < -0.4 is 0 Å². The van der Waals surface area contributed by atoms with E-state index in [1.54, 1.807) is 0 Å². The van der Waals surface area contributed by atoms with Gasteiger partial charge in [0.1, 0.15) is 19.8 Å². The van der Waals surface area contributed by atoms with Gasteiger partial charge in [0, 0.05) is 12.8 Å². The summed E-state index contributed by atoms with van der Waals surface area (Å²) >= 11 is 0. The molecule has 2 atom stereocenters. The lowest BCUT2D eigenvalue weighted by Crippen LogP contribution is -2.37. The van der Waals surface area contributed by atoms with Gasteiger partial charge in [-0.1, -0.05) is 157 Å². The summed E-state index contributed by atoms with van der Waals surface area (Å²) in [4.78, 5) is 35.4. The van der Waals surface area contributed by atoms with Crippen molar-refractivity contribution in [1.29, 1.82) is 0 Å². The van der Waals surface area contributed by atoms with Gasteiger partial charge in [-0.15, -0.1) is 0 Å². The summed E-state index contributed by atoms with van der Waals surface area (Å²) in [6.45, 7) is 4.30. The lowest BCUT2D eigenvalue weighted by atomic mass is 10.1. The Kier molecular flexibility index (Phi) is 40.0. The maximum atomic E-state index is 12.7. The van der Waals surface area contributed by atoms with Crippen LogP contribution in [0.3, 0.4) is 0 Å². The van der Waals surface area contributed by atoms with Crippen LogP contribution in [-0.2, 0) is 32.7 Å². The third-order valence-electron chi connectivity index (χ3n) is 9.71. The number of esters is 2. The highest BCUT2D eigenvalue weighted by molar-refractivity contribution is 7.47. The number of ether oxygens (including phenoxy) is 2. The minimum Gasteiger partial charge on any atom is -0.462 e. The van der Waals surface area contributed by atoms with Crippen LogP contribution in [0, 0.1) is 0 Å². The van der Waals surface area contributed by atoms with Gasteiger partial charge < -0.3 is 18.9 Å². The summed E-state index contributed by atoms with van der Waals surface area (Å²) in [5.41, 5.74) is 0. The van der Waals surface area contributed by atoms with Crippen LogP contribution >= 0.6 is 7.82 Å². The largest absolute Gasteiger partial charge is 0.472 e. The maximum Gasteiger partial charge on any atom is 0.472 e. The summed E-state index contributed by atoms with van der Waals surface area (Å²) < 4.78 is 34.2. The molecule has 0 heterocycles. The molecule has 9 nitrogen and oxygen atoms in total. The highest BCUT2D eigenvalue weighted by atomic mass is 31.2. The number of carbonyl (C=O) groups is 2. The van der Waals surface area contributed by atoms with Crippen LogP contribution in [0.2, 0.25) is 0 Å². The molecule has 60 heavy (non-hydrogen) atoms. The number of hydrogen-bond donors (Lipinski definition) is 1. The maximum absolute atomic E-state index is 12.7. The van der Waals surface area contributed by atoms with Crippen LogP contribution in [0.15, 0.2) is 72.9 Å². The minimum atomic E-state index is -4.40. The highest BCUT2D eigenvalue weighted by Gasteiger charge is 2.27. The number of nitrogens with zero attached hydrogens (tertiary/aromatic N) is 1. The van der Waals surface area contributed by atoms with E-state index in [2.05, 4.69) is 86.8 Å². The molecule has 0 aliphatic rings. The van der Waals surface area contributed by atoms with Gasteiger partial charge in [0.15, 0.2) is 6.10 Å². The van der Waals surface area contributed by atoms with Gasteiger partial charge in [-0.25, -0.2) is 4.57 Å². The van der Waals surface area contributed by atoms with Crippen molar-refractivity contribution in [3.05, 3.63) is 72.9 Å². The molecule has 0 fully saturated rings. The number of quaternary nitrogens is 1. The molecule has 0 aromatic rings. The van der Waals surface area contributed by atoms with Gasteiger partial charge in [0.2, 0.25) is 0 Å². The van der Waals surface area contributed by atoms with Gasteiger partial charge in [-0.3, -0.25) is 18.6 Å². The molecule has 1 N–H and O–H groups in total. The zero-order valence-electron chi connectivity index (χ0n) is 38.9. The Morgan fingerprint density at radius 3 is 1.38 bits per heavy atom. The molecule has 0 aromatic heterocycles. The monoisotopic (exact) mass is 863 g/mol. The molecule has 0 bridgehead atoms. The summed E-state index contributed by atoms with van der Waals surface area (Å²) in [7, 11) is 1.42. The van der Waals surface area contributed by atoms with Crippen molar-refractivity contribution in [3.63, 3.8) is 0 Å². The summed E-state index contributed by atoms with van der Waals surface area (Å²) in [5, 5.41) is 0. The molecular weight excluding hydrogens is 774 g/mol. The third kappa shape index (κ3) is 45.0. The standard InChI is InChI=1S/C50H88NO8P/c1-6-8-10-12-14-16-18-20-22-23-24-25-26-27-29-30-32-34-36-38-40-42-49(52)56-46-48(47-58-60(54,55)57-45-44-51(3,4)5)59-50(53)43-41-39-37-35-33-31-28-21-19-17-15-13-11-9-7-2/h21-23,25-26,28-30,33-36,48H,6-20,24,27,31-32,37-47H2,1-5H3/p+1/b23-22+,26-25+,28-21+,30-29+,35-33+,36-34+/t48-/m0/s1. The predicted molar refractivity (Wildman–Crippen MR) is 252 cm³/mol. The van der Waals surface area contributed by atoms with E-state index < -0.39 is 32.5 Å². The van der Waals surface area contributed by atoms with E-state index in [1.165, 1.54) is 89.9 Å². The summed E-state index contributed by atoms with van der Waals surface area (Å²) in [6, 6.07) is 0. The molecule has 0 spiro atoms. The van der Waals surface area contributed by atoms with Gasteiger partial charge in [-0.2, -0.15) is 0 Å². The first-order valence-corrected chi connectivity index (χ1v) is 25.2. The first-order chi connectivity index (χ1) is 29.0. The fourth-order valence-corrected chi connectivity index (χ4v) is 6.72. The molecule has 0 aromatic carbocycles. The highest BCUT2D eigenvalue weighted by Crippen LogP contribution is 2.43. The van der Waals surface area contributed by atoms with E-state index in [0.29, 0.717) is 23.9 Å². The molecule has 0 amide bonds. The first-order valence-electron chi connectivity index (χ1n) is 23.7. The van der Waals surface area contributed by atoms with Crippen molar-refractivity contribution < 1.29 is 42.1 Å². The number of likely N-dealkylation sites (N-methyl/N-ethyl adjacent to an activating group) is 1. The van der Waals surface area contributed by atoms with Crippen molar-refractivity contribution in [3.8, 4) is 0 Å². The molecule has 0 radical (unpaired) electrons. The molecule has 0 saturated heterocycles. The lowest BCUT2D eigenvalue weighted by molar-refractivity contribution is -0.870. The molecule has 10 heteroatoms. The van der Waals surface area contributed by atoms with Crippen LogP contribution in [-0.4, -0.2) is 74.9 Å². The molecule has 0 saturated carbocycles. The van der Waals surface area contributed by atoms with Crippen LogP contribution in [0.5, 0.6) is 0 Å². The van der Waals surface area contributed by atoms with Crippen LogP contribution in [0.25, 0.3) is 0 Å². The van der Waals surface area contributed by atoms with E-state index in [-0.39, 0.29) is 26.1 Å². The number of phosphoric ester groups is 1. The van der Waals surface area contributed by atoms with Gasteiger partial charge in [0.25, 0.3) is 0 Å². The van der Waals surface area contributed by atoms with Crippen LogP contribution in [0.4, 0.5) is 0 Å². The average Bonchev–Trinajstić information content (AvgIpc) is 3.20. The van der Waals surface area contributed by atoms with Crippen molar-refractivity contribution in [2.75, 3.05) is 47.5 Å². The molecule has 1 unspecified atom stereocenters. The van der Waals surface area contributed by atoms with Crippen molar-refractivity contribution in [2.24, 2.45) is 0 Å². The quantitative estimate of drug-likeness (QED) is 0.0212. The van der Waals surface area contributed by atoms with Crippen molar-refractivity contribution in [2.45, 2.75) is 187 Å². The molecule has 346 valence electrons. The smallest absolute Gasteiger partial charge is 0.462 e. The fraction of sp³-hybridized carbons (Fsp3) is 0.720.